The fourth-order valence-electron chi connectivity index (χ4n) is 7.50. The number of ether oxygens (including phenoxy) is 2. The normalized spacial score (nSPS) is 27.0. The Hall–Kier alpha value is -4.50. The molecule has 2 aromatic carbocycles. The predicted molar refractivity (Wildman–Crippen MR) is 158 cm³/mol. The number of carbonyl (C=O) groups excluding carboxylic acids is 4. The molecule has 2 heterocycles. The van der Waals surface area contributed by atoms with Gasteiger partial charge in [-0.3, -0.25) is 24.1 Å². The van der Waals surface area contributed by atoms with Crippen LogP contribution in [0.15, 0.2) is 76.9 Å². The smallest absolute Gasteiger partial charge is 0.238 e. The lowest BCUT2D eigenvalue weighted by atomic mass is 9.59. The van der Waals surface area contributed by atoms with Gasteiger partial charge in [0.1, 0.15) is 0 Å². The van der Waals surface area contributed by atoms with Crippen LogP contribution in [0.1, 0.15) is 31.2 Å². The zero-order valence-electron chi connectivity index (χ0n) is 24.0. The van der Waals surface area contributed by atoms with Gasteiger partial charge in [0.15, 0.2) is 23.1 Å². The molecule has 0 unspecified atom stereocenters. The van der Waals surface area contributed by atoms with Crippen LogP contribution < -0.4 is 14.5 Å². The Morgan fingerprint density at radius 2 is 1.65 bits per heavy atom. The van der Waals surface area contributed by atoms with Crippen molar-refractivity contribution < 1.29 is 33.8 Å². The summed E-state index contributed by atoms with van der Waals surface area (Å²) in [5.41, 5.74) is 4.24. The molecule has 7 rings (SSSR count). The summed E-state index contributed by atoms with van der Waals surface area (Å²) in [5.74, 6) is -3.00. The van der Waals surface area contributed by atoms with Gasteiger partial charge in [-0.1, -0.05) is 17.7 Å². The first-order valence-electron chi connectivity index (χ1n) is 14.7. The monoisotopic (exact) mass is 580 g/mol. The molecule has 0 bridgehead atoms. The van der Waals surface area contributed by atoms with Crippen LogP contribution in [0, 0.1) is 17.8 Å². The lowest BCUT2D eigenvalue weighted by Crippen LogP contribution is -2.39. The maximum Gasteiger partial charge on any atom is 0.238 e. The Morgan fingerprint density at radius 1 is 0.930 bits per heavy atom. The molecule has 220 valence electrons. The highest BCUT2D eigenvalue weighted by Gasteiger charge is 2.56. The Kier molecular flexibility index (Phi) is 6.58. The number of hydrogen-bond donors (Lipinski definition) is 1. The number of phenols is 1. The first-order valence-corrected chi connectivity index (χ1v) is 14.7. The average Bonchev–Trinajstić information content (AvgIpc) is 3.29. The molecule has 9 nitrogen and oxygen atoms in total. The molecule has 2 aliphatic heterocycles. The van der Waals surface area contributed by atoms with Gasteiger partial charge in [0, 0.05) is 41.4 Å². The molecule has 4 atom stereocenters. The third kappa shape index (κ3) is 4.25. The summed E-state index contributed by atoms with van der Waals surface area (Å²) in [4.78, 5) is 58.4. The molecular formula is C34H32N2O7. The van der Waals surface area contributed by atoms with E-state index in [-0.39, 0.29) is 41.3 Å². The van der Waals surface area contributed by atoms with Crippen LogP contribution in [0.4, 0.5) is 11.4 Å². The second-order valence-electron chi connectivity index (χ2n) is 11.8. The number of aromatic hydroxyl groups is 1. The molecule has 0 radical (unpaired) electrons. The Balaban J connectivity index is 1.27. The largest absolute Gasteiger partial charge is 0.504 e. The average molecular weight is 581 g/mol. The molecule has 2 amide bonds. The summed E-state index contributed by atoms with van der Waals surface area (Å²) in [7, 11) is 1.45. The van der Waals surface area contributed by atoms with Gasteiger partial charge in [-0.15, -0.1) is 0 Å². The molecular weight excluding hydrogens is 548 g/mol. The SMILES string of the molecule is COc1cc([C@H]2C3=CC[C@@H]4C(=O)N(c5ccc(N6CCOCC6)cc5)C(=O)[C@@H]4[C@@H]3CC3=C2C(=O)C(C)=CC3=O)ccc1O. The molecule has 0 saturated carbocycles. The van der Waals surface area contributed by atoms with E-state index >= 15 is 0 Å². The second-order valence-corrected chi connectivity index (χ2v) is 11.8. The van der Waals surface area contributed by atoms with Crippen molar-refractivity contribution in [2.24, 2.45) is 17.8 Å². The number of benzene rings is 2. The maximum atomic E-state index is 14.2. The van der Waals surface area contributed by atoms with Gasteiger partial charge < -0.3 is 19.5 Å². The highest BCUT2D eigenvalue weighted by molar-refractivity contribution is 6.25. The van der Waals surface area contributed by atoms with Gasteiger partial charge in [-0.2, -0.15) is 0 Å². The van der Waals surface area contributed by atoms with E-state index in [0.29, 0.717) is 47.6 Å². The van der Waals surface area contributed by atoms with Crippen molar-refractivity contribution in [1.82, 2.24) is 0 Å². The van der Waals surface area contributed by atoms with Crippen LogP contribution in [-0.2, 0) is 23.9 Å². The molecule has 5 aliphatic rings. The number of anilines is 2. The highest BCUT2D eigenvalue weighted by atomic mass is 16.5. The Morgan fingerprint density at radius 3 is 2.37 bits per heavy atom. The number of imide groups is 1. The zero-order valence-corrected chi connectivity index (χ0v) is 24.0. The minimum absolute atomic E-state index is 0.0422. The summed E-state index contributed by atoms with van der Waals surface area (Å²) in [6.07, 6.45) is 3.93. The first kappa shape index (κ1) is 27.3. The molecule has 1 N–H and O–H groups in total. The fourth-order valence-corrected chi connectivity index (χ4v) is 7.50. The molecule has 9 heteroatoms. The van der Waals surface area contributed by atoms with E-state index in [1.807, 2.05) is 30.3 Å². The van der Waals surface area contributed by atoms with Gasteiger partial charge in [0.2, 0.25) is 11.8 Å². The van der Waals surface area contributed by atoms with Crippen molar-refractivity contribution >= 4 is 34.8 Å². The number of morpholine rings is 1. The summed E-state index contributed by atoms with van der Waals surface area (Å²) in [6, 6.07) is 12.4. The minimum atomic E-state index is -0.656. The molecule has 2 saturated heterocycles. The molecule has 0 spiro atoms. The summed E-state index contributed by atoms with van der Waals surface area (Å²) >= 11 is 0. The number of rotatable bonds is 4. The predicted octanol–water partition coefficient (Wildman–Crippen LogP) is 3.87. The Labute approximate surface area is 249 Å². The van der Waals surface area contributed by atoms with E-state index in [1.54, 1.807) is 19.1 Å². The van der Waals surface area contributed by atoms with Gasteiger partial charge in [-0.05, 0) is 73.7 Å². The van der Waals surface area contributed by atoms with E-state index in [9.17, 15) is 24.3 Å². The lowest BCUT2D eigenvalue weighted by Gasteiger charge is -2.42. The quantitative estimate of drug-likeness (QED) is 0.330. The third-order valence-corrected chi connectivity index (χ3v) is 9.59. The third-order valence-electron chi connectivity index (χ3n) is 9.59. The van der Waals surface area contributed by atoms with Crippen LogP contribution in [0.5, 0.6) is 11.5 Å². The van der Waals surface area contributed by atoms with E-state index in [4.69, 9.17) is 9.47 Å². The number of methoxy groups -OCH3 is 1. The summed E-state index contributed by atoms with van der Waals surface area (Å²) in [6.45, 7) is 4.51. The Bertz CT molecular complexity index is 1660. The number of amides is 2. The van der Waals surface area contributed by atoms with Gasteiger partial charge in [0.25, 0.3) is 0 Å². The summed E-state index contributed by atoms with van der Waals surface area (Å²) in [5, 5.41) is 10.3. The van der Waals surface area contributed by atoms with Crippen molar-refractivity contribution in [1.29, 1.82) is 0 Å². The van der Waals surface area contributed by atoms with Crippen molar-refractivity contribution in [3.8, 4) is 11.5 Å². The van der Waals surface area contributed by atoms with Crippen LogP contribution in [0.2, 0.25) is 0 Å². The van der Waals surface area contributed by atoms with E-state index in [2.05, 4.69) is 4.90 Å². The maximum absolute atomic E-state index is 14.2. The van der Waals surface area contributed by atoms with Crippen LogP contribution in [0.25, 0.3) is 0 Å². The van der Waals surface area contributed by atoms with Gasteiger partial charge >= 0.3 is 0 Å². The van der Waals surface area contributed by atoms with Gasteiger partial charge in [0.05, 0.1) is 37.8 Å². The van der Waals surface area contributed by atoms with E-state index < -0.39 is 23.7 Å². The topological polar surface area (TPSA) is 113 Å². The van der Waals surface area contributed by atoms with Crippen LogP contribution in [-0.4, -0.2) is 61.9 Å². The van der Waals surface area contributed by atoms with Crippen molar-refractivity contribution in [3.63, 3.8) is 0 Å². The van der Waals surface area contributed by atoms with E-state index in [1.165, 1.54) is 24.2 Å². The molecule has 2 fully saturated rings. The number of Topliss-reactive ketones (excluding diaryl/α,β-unsaturated/α-hetero) is 1. The van der Waals surface area contributed by atoms with Crippen molar-refractivity contribution in [2.45, 2.75) is 25.7 Å². The molecule has 2 aromatic rings. The summed E-state index contributed by atoms with van der Waals surface area (Å²) < 4.78 is 10.8. The number of fused-ring (bicyclic) bond motifs is 3. The lowest BCUT2D eigenvalue weighted by molar-refractivity contribution is -0.123. The van der Waals surface area contributed by atoms with Crippen LogP contribution in [0.3, 0.4) is 0 Å². The number of hydrogen-bond acceptors (Lipinski definition) is 8. The van der Waals surface area contributed by atoms with Gasteiger partial charge in [-0.25, -0.2) is 0 Å². The molecule has 43 heavy (non-hydrogen) atoms. The number of phenolic OH excluding ortho intramolecular Hbond substituents is 1. The first-order chi connectivity index (χ1) is 20.8. The van der Waals surface area contributed by atoms with Crippen LogP contribution >= 0.6 is 0 Å². The van der Waals surface area contributed by atoms with Crippen molar-refractivity contribution in [3.05, 3.63) is 82.5 Å². The minimum Gasteiger partial charge on any atom is -0.504 e. The molecule has 0 aromatic heterocycles. The zero-order chi connectivity index (χ0) is 30.0. The second kappa shape index (κ2) is 10.3. The van der Waals surface area contributed by atoms with Crippen molar-refractivity contribution in [2.75, 3.05) is 43.2 Å². The number of ketones is 2. The van der Waals surface area contributed by atoms with E-state index in [0.717, 1.165) is 24.4 Å². The number of allylic oxidation sites excluding steroid dienone is 6. The standard InChI is InChI=1S/C34H32N2O7/c1-18-15-27(38)25-17-24-22(29(31(25)32(18)39)19-3-10-26(37)28(16-19)42-2)8-9-23-30(24)34(41)36(33(23)40)21-6-4-20(5-7-21)35-11-13-43-14-12-35/h3-8,10,15-16,23-24,29-30,37H,9,11-14,17H2,1-2H3/t23-,24+,29-,30-/m0/s1. The fraction of sp³-hybridized carbons (Fsp3) is 0.353. The number of carbonyl (C=O) groups is 4. The molecule has 3 aliphatic carbocycles. The highest BCUT2D eigenvalue weighted by Crippen LogP contribution is 2.56. The number of nitrogens with zero attached hydrogens (tertiary/aromatic N) is 2.